The third-order valence-corrected chi connectivity index (χ3v) is 2.36. The first-order valence-corrected chi connectivity index (χ1v) is 5.66. The van der Waals surface area contributed by atoms with Gasteiger partial charge >= 0.3 is 6.03 Å². The summed E-state index contributed by atoms with van der Waals surface area (Å²) in [6.07, 6.45) is 3.27. The lowest BCUT2D eigenvalue weighted by Gasteiger charge is -2.11. The number of benzene rings is 1. The molecule has 0 saturated carbocycles. The number of carbonyl (C=O) groups excluding carboxylic acids is 1. The van der Waals surface area contributed by atoms with E-state index in [4.69, 9.17) is 5.11 Å². The van der Waals surface area contributed by atoms with Crippen LogP contribution in [-0.4, -0.2) is 34.1 Å². The Morgan fingerprint density at radius 1 is 1.47 bits per heavy atom. The predicted molar refractivity (Wildman–Crippen MR) is 67.6 cm³/mol. The van der Waals surface area contributed by atoms with Gasteiger partial charge in [-0.2, -0.15) is 5.10 Å². The third kappa shape index (κ3) is 3.29. The van der Waals surface area contributed by atoms with Crippen LogP contribution >= 0.6 is 0 Å². The van der Waals surface area contributed by atoms with Gasteiger partial charge in [-0.15, -0.1) is 0 Å². The van der Waals surface area contributed by atoms with Crippen LogP contribution in [0.15, 0.2) is 36.7 Å². The number of carbonyl (C=O) groups is 1. The number of nitrogens with zero attached hydrogens (tertiary/aromatic N) is 2. The average molecular weight is 264 g/mol. The number of nitrogens with one attached hydrogen (secondary N) is 2. The van der Waals surface area contributed by atoms with E-state index in [9.17, 15) is 9.18 Å². The molecule has 0 fully saturated rings. The molecule has 3 N–H and O–H groups in total. The molecule has 0 aliphatic rings. The Morgan fingerprint density at radius 2 is 2.32 bits per heavy atom. The molecule has 7 heteroatoms. The quantitative estimate of drug-likeness (QED) is 0.774. The summed E-state index contributed by atoms with van der Waals surface area (Å²) < 4.78 is 14.8. The van der Waals surface area contributed by atoms with Crippen LogP contribution in [0, 0.1) is 5.82 Å². The third-order valence-electron chi connectivity index (χ3n) is 2.36. The Hall–Kier alpha value is -2.41. The molecule has 0 atom stereocenters. The molecule has 0 spiro atoms. The highest BCUT2D eigenvalue weighted by atomic mass is 19.1. The fourth-order valence-corrected chi connectivity index (χ4v) is 1.56. The van der Waals surface area contributed by atoms with Gasteiger partial charge in [0.05, 0.1) is 18.0 Å². The first-order valence-electron chi connectivity index (χ1n) is 5.66. The predicted octanol–water partition coefficient (Wildman–Crippen LogP) is 1.13. The van der Waals surface area contributed by atoms with Gasteiger partial charge in [0.1, 0.15) is 5.82 Å². The highest BCUT2D eigenvalue weighted by Crippen LogP contribution is 2.20. The number of hydrogen-bond donors (Lipinski definition) is 3. The van der Waals surface area contributed by atoms with Gasteiger partial charge in [0.2, 0.25) is 0 Å². The monoisotopic (exact) mass is 264 g/mol. The van der Waals surface area contributed by atoms with E-state index in [1.54, 1.807) is 18.5 Å². The molecule has 100 valence electrons. The fourth-order valence-electron chi connectivity index (χ4n) is 1.56. The Morgan fingerprint density at radius 3 is 3.00 bits per heavy atom. The van der Waals surface area contributed by atoms with Crippen LogP contribution in [0.4, 0.5) is 14.9 Å². The number of anilines is 1. The standard InChI is InChI=1S/C12H13FN4O2/c13-9-2-3-11(17-6-1-4-15-17)10(8-9)16-12(19)14-5-7-18/h1-4,6,8,18H,5,7H2,(H2,14,16,19). The molecule has 0 radical (unpaired) electrons. The molecule has 1 heterocycles. The topological polar surface area (TPSA) is 79.2 Å². The summed E-state index contributed by atoms with van der Waals surface area (Å²) in [5.74, 6) is -0.464. The van der Waals surface area contributed by atoms with Crippen LogP contribution in [0.3, 0.4) is 0 Å². The molecular formula is C12H13FN4O2. The highest BCUT2D eigenvalue weighted by Gasteiger charge is 2.09. The number of hydrogen-bond acceptors (Lipinski definition) is 3. The van der Waals surface area contributed by atoms with E-state index in [1.807, 2.05) is 0 Å². The lowest BCUT2D eigenvalue weighted by molar-refractivity contribution is 0.245. The molecule has 0 aliphatic carbocycles. The summed E-state index contributed by atoms with van der Waals surface area (Å²) >= 11 is 0. The van der Waals surface area contributed by atoms with Crippen molar-refractivity contribution in [2.24, 2.45) is 0 Å². The van der Waals surface area contributed by atoms with Crippen molar-refractivity contribution in [3.8, 4) is 5.69 Å². The Labute approximate surface area is 108 Å². The molecule has 0 saturated heterocycles. The van der Waals surface area contributed by atoms with Crippen molar-refractivity contribution in [2.45, 2.75) is 0 Å². The molecule has 2 amide bonds. The zero-order valence-electron chi connectivity index (χ0n) is 10.0. The van der Waals surface area contributed by atoms with E-state index >= 15 is 0 Å². The van der Waals surface area contributed by atoms with E-state index in [0.717, 1.165) is 0 Å². The van der Waals surface area contributed by atoms with Gasteiger partial charge in [0, 0.05) is 18.9 Å². The second kappa shape index (κ2) is 5.96. The smallest absolute Gasteiger partial charge is 0.319 e. The van der Waals surface area contributed by atoms with Crippen molar-refractivity contribution in [1.29, 1.82) is 0 Å². The van der Waals surface area contributed by atoms with Gasteiger partial charge in [-0.05, 0) is 24.3 Å². The van der Waals surface area contributed by atoms with Gasteiger partial charge in [0.15, 0.2) is 0 Å². The summed E-state index contributed by atoms with van der Waals surface area (Å²) in [7, 11) is 0. The zero-order valence-corrected chi connectivity index (χ0v) is 10.0. The number of halogens is 1. The van der Waals surface area contributed by atoms with Crippen LogP contribution < -0.4 is 10.6 Å². The summed E-state index contributed by atoms with van der Waals surface area (Å²) in [4.78, 5) is 11.5. The molecule has 0 aliphatic heterocycles. The highest BCUT2D eigenvalue weighted by molar-refractivity contribution is 5.91. The first-order chi connectivity index (χ1) is 9.20. The second-order valence-electron chi connectivity index (χ2n) is 3.72. The SMILES string of the molecule is O=C(NCCO)Nc1cc(F)ccc1-n1cccn1. The van der Waals surface area contributed by atoms with Crippen molar-refractivity contribution < 1.29 is 14.3 Å². The van der Waals surface area contributed by atoms with E-state index < -0.39 is 11.8 Å². The molecule has 0 bridgehead atoms. The Kier molecular flexibility index (Phi) is 4.09. The van der Waals surface area contributed by atoms with Gasteiger partial charge in [-0.1, -0.05) is 0 Å². The number of urea groups is 1. The van der Waals surface area contributed by atoms with Crippen LogP contribution in [-0.2, 0) is 0 Å². The Balaban J connectivity index is 2.23. The van der Waals surface area contributed by atoms with E-state index in [2.05, 4.69) is 15.7 Å². The molecule has 1 aromatic heterocycles. The Bertz CT molecular complexity index is 557. The minimum absolute atomic E-state index is 0.123. The first kappa shape index (κ1) is 13.0. The maximum Gasteiger partial charge on any atom is 0.319 e. The largest absolute Gasteiger partial charge is 0.395 e. The maximum absolute atomic E-state index is 13.2. The molecule has 1 aromatic carbocycles. The minimum Gasteiger partial charge on any atom is -0.395 e. The number of amides is 2. The zero-order chi connectivity index (χ0) is 13.7. The maximum atomic E-state index is 13.2. The molecule has 6 nitrogen and oxygen atoms in total. The number of aromatic nitrogens is 2. The van der Waals surface area contributed by atoms with Crippen molar-refractivity contribution in [3.05, 3.63) is 42.5 Å². The van der Waals surface area contributed by atoms with Crippen LogP contribution in [0.5, 0.6) is 0 Å². The molecule has 0 unspecified atom stereocenters. The fraction of sp³-hybridized carbons (Fsp3) is 0.167. The van der Waals surface area contributed by atoms with Gasteiger partial charge in [-0.25, -0.2) is 13.9 Å². The number of rotatable bonds is 4. The molecular weight excluding hydrogens is 251 g/mol. The lowest BCUT2D eigenvalue weighted by Crippen LogP contribution is -2.31. The normalized spacial score (nSPS) is 10.2. The summed E-state index contributed by atoms with van der Waals surface area (Å²) in [6, 6.07) is 5.21. The molecule has 2 aromatic rings. The lowest BCUT2D eigenvalue weighted by atomic mass is 10.2. The second-order valence-corrected chi connectivity index (χ2v) is 3.72. The average Bonchev–Trinajstić information content (AvgIpc) is 2.90. The summed E-state index contributed by atoms with van der Waals surface area (Å²) in [5, 5.41) is 17.6. The van der Waals surface area contributed by atoms with Crippen molar-refractivity contribution in [1.82, 2.24) is 15.1 Å². The van der Waals surface area contributed by atoms with Gasteiger partial charge in [-0.3, -0.25) is 0 Å². The summed E-state index contributed by atoms with van der Waals surface area (Å²) in [5.41, 5.74) is 0.838. The van der Waals surface area contributed by atoms with E-state index in [-0.39, 0.29) is 13.2 Å². The van der Waals surface area contributed by atoms with Crippen molar-refractivity contribution >= 4 is 11.7 Å². The van der Waals surface area contributed by atoms with Gasteiger partial charge < -0.3 is 15.7 Å². The van der Waals surface area contributed by atoms with E-state index in [0.29, 0.717) is 11.4 Å². The van der Waals surface area contributed by atoms with Gasteiger partial charge in [0.25, 0.3) is 0 Å². The van der Waals surface area contributed by atoms with Crippen molar-refractivity contribution in [3.63, 3.8) is 0 Å². The van der Waals surface area contributed by atoms with Crippen LogP contribution in [0.25, 0.3) is 5.69 Å². The van der Waals surface area contributed by atoms with E-state index in [1.165, 1.54) is 22.9 Å². The number of aliphatic hydroxyl groups is 1. The van der Waals surface area contributed by atoms with Crippen molar-refractivity contribution in [2.75, 3.05) is 18.5 Å². The van der Waals surface area contributed by atoms with Crippen LogP contribution in [0.1, 0.15) is 0 Å². The summed E-state index contributed by atoms with van der Waals surface area (Å²) in [6.45, 7) is -0.0408. The minimum atomic E-state index is -0.520. The molecule has 19 heavy (non-hydrogen) atoms. The molecule has 2 rings (SSSR count). The number of aliphatic hydroxyl groups excluding tert-OH is 1. The van der Waals surface area contributed by atoms with Crippen LogP contribution in [0.2, 0.25) is 0 Å².